The summed E-state index contributed by atoms with van der Waals surface area (Å²) in [4.78, 5) is 4.30. The van der Waals surface area contributed by atoms with Crippen LogP contribution in [0.5, 0.6) is 0 Å². The molecule has 0 aromatic heterocycles. The van der Waals surface area contributed by atoms with Crippen molar-refractivity contribution in [2.24, 2.45) is 4.99 Å². The van der Waals surface area contributed by atoms with Gasteiger partial charge in [0.25, 0.3) is 0 Å². The molecule has 5 nitrogen and oxygen atoms in total. The molecule has 0 spiro atoms. The number of guanidine groups is 1. The van der Waals surface area contributed by atoms with E-state index in [9.17, 15) is 0 Å². The molecule has 25 heavy (non-hydrogen) atoms. The van der Waals surface area contributed by atoms with E-state index in [4.69, 9.17) is 4.74 Å². The van der Waals surface area contributed by atoms with Gasteiger partial charge in [0.15, 0.2) is 5.96 Å². The fourth-order valence-corrected chi connectivity index (χ4v) is 3.00. The molecule has 0 radical (unpaired) electrons. The third kappa shape index (κ3) is 7.92. The largest absolute Gasteiger partial charge is 0.376 e. The van der Waals surface area contributed by atoms with Crippen molar-refractivity contribution in [2.75, 3.05) is 26.7 Å². The summed E-state index contributed by atoms with van der Waals surface area (Å²) in [6.45, 7) is 9.08. The van der Waals surface area contributed by atoms with E-state index in [1.165, 1.54) is 5.56 Å². The van der Waals surface area contributed by atoms with Crippen molar-refractivity contribution in [2.45, 2.75) is 51.3 Å². The second-order valence-corrected chi connectivity index (χ2v) is 7.10. The summed E-state index contributed by atoms with van der Waals surface area (Å²) in [5.74, 6) is 0.827. The van der Waals surface area contributed by atoms with E-state index in [1.807, 2.05) is 6.07 Å². The summed E-state index contributed by atoms with van der Waals surface area (Å²) < 4.78 is 5.64. The molecule has 1 saturated heterocycles. The topological polar surface area (TPSA) is 57.7 Å². The highest BCUT2D eigenvalue weighted by Gasteiger charge is 2.21. The maximum atomic E-state index is 5.64. The molecule has 1 aliphatic heterocycles. The van der Waals surface area contributed by atoms with E-state index in [-0.39, 0.29) is 29.5 Å². The fourth-order valence-electron chi connectivity index (χ4n) is 3.00. The molecule has 2 atom stereocenters. The van der Waals surface area contributed by atoms with Crippen LogP contribution in [0.4, 0.5) is 0 Å². The SMILES string of the molecule is CN=C(NCC1CCCO1)NCC(C)(C)NC(C)c1ccccc1.I. The molecule has 142 valence electrons. The highest BCUT2D eigenvalue weighted by Crippen LogP contribution is 2.15. The Morgan fingerprint density at radius 1 is 1.28 bits per heavy atom. The summed E-state index contributed by atoms with van der Waals surface area (Å²) in [7, 11) is 1.80. The van der Waals surface area contributed by atoms with Gasteiger partial charge in [0.1, 0.15) is 0 Å². The summed E-state index contributed by atoms with van der Waals surface area (Å²) in [6.07, 6.45) is 2.60. The van der Waals surface area contributed by atoms with Crippen molar-refractivity contribution in [1.29, 1.82) is 0 Å². The van der Waals surface area contributed by atoms with Gasteiger partial charge in [0.2, 0.25) is 0 Å². The maximum absolute atomic E-state index is 5.64. The van der Waals surface area contributed by atoms with Crippen molar-refractivity contribution < 1.29 is 4.74 Å². The number of nitrogens with zero attached hydrogens (tertiary/aromatic N) is 1. The first-order valence-corrected chi connectivity index (χ1v) is 8.89. The van der Waals surface area contributed by atoms with Crippen LogP contribution in [0.1, 0.15) is 45.2 Å². The van der Waals surface area contributed by atoms with Crippen LogP contribution in [0.3, 0.4) is 0 Å². The number of aliphatic imine (C=N–C) groups is 1. The molecule has 1 aromatic carbocycles. The van der Waals surface area contributed by atoms with Crippen LogP contribution in [-0.2, 0) is 4.74 Å². The summed E-state index contributed by atoms with van der Waals surface area (Å²) >= 11 is 0. The minimum Gasteiger partial charge on any atom is -0.376 e. The second kappa shape index (κ2) is 11.0. The molecule has 0 bridgehead atoms. The number of ether oxygens (including phenoxy) is 1. The van der Waals surface area contributed by atoms with Gasteiger partial charge in [-0.2, -0.15) is 0 Å². The van der Waals surface area contributed by atoms with Gasteiger partial charge in [-0.1, -0.05) is 30.3 Å². The van der Waals surface area contributed by atoms with Gasteiger partial charge in [-0.15, -0.1) is 24.0 Å². The van der Waals surface area contributed by atoms with Crippen LogP contribution >= 0.6 is 24.0 Å². The molecule has 1 fully saturated rings. The molecule has 6 heteroatoms. The van der Waals surface area contributed by atoms with Gasteiger partial charge in [0.05, 0.1) is 6.10 Å². The zero-order valence-corrected chi connectivity index (χ0v) is 18.2. The first-order chi connectivity index (χ1) is 11.5. The minimum absolute atomic E-state index is 0. The first-order valence-electron chi connectivity index (χ1n) is 8.89. The smallest absolute Gasteiger partial charge is 0.191 e. The molecule has 1 aliphatic rings. The third-order valence-electron chi connectivity index (χ3n) is 4.35. The highest BCUT2D eigenvalue weighted by molar-refractivity contribution is 14.0. The lowest BCUT2D eigenvalue weighted by atomic mass is 10.0. The van der Waals surface area contributed by atoms with Crippen LogP contribution in [0, 0.1) is 0 Å². The molecular weight excluding hydrogens is 427 g/mol. The Hall–Kier alpha value is -0.860. The molecular formula is C19H33IN4O. The lowest BCUT2D eigenvalue weighted by molar-refractivity contribution is 0.113. The molecule has 2 unspecified atom stereocenters. The van der Waals surface area contributed by atoms with E-state index in [0.717, 1.165) is 38.5 Å². The van der Waals surface area contributed by atoms with Crippen molar-refractivity contribution in [3.63, 3.8) is 0 Å². The summed E-state index contributed by atoms with van der Waals surface area (Å²) in [5.41, 5.74) is 1.24. The first kappa shape index (κ1) is 22.2. The quantitative estimate of drug-likeness (QED) is 0.333. The van der Waals surface area contributed by atoms with Crippen LogP contribution in [-0.4, -0.2) is 44.3 Å². The average molecular weight is 460 g/mol. The van der Waals surface area contributed by atoms with Crippen molar-refractivity contribution in [3.05, 3.63) is 35.9 Å². The van der Waals surface area contributed by atoms with Gasteiger partial charge in [-0.25, -0.2) is 0 Å². The van der Waals surface area contributed by atoms with Gasteiger partial charge < -0.3 is 20.7 Å². The fraction of sp³-hybridized carbons (Fsp3) is 0.632. The number of hydrogen-bond acceptors (Lipinski definition) is 3. The van der Waals surface area contributed by atoms with Crippen LogP contribution in [0.25, 0.3) is 0 Å². The predicted octanol–water partition coefficient (Wildman–Crippen LogP) is 3.08. The van der Waals surface area contributed by atoms with E-state index in [1.54, 1.807) is 7.05 Å². The Labute approximate surface area is 169 Å². The number of benzene rings is 1. The minimum atomic E-state index is -0.0588. The average Bonchev–Trinajstić information content (AvgIpc) is 3.09. The summed E-state index contributed by atoms with van der Waals surface area (Å²) in [6, 6.07) is 10.8. The molecule has 3 N–H and O–H groups in total. The monoisotopic (exact) mass is 460 g/mol. The van der Waals surface area contributed by atoms with Gasteiger partial charge >= 0.3 is 0 Å². The number of halogens is 1. The second-order valence-electron chi connectivity index (χ2n) is 7.10. The van der Waals surface area contributed by atoms with E-state index in [0.29, 0.717) is 12.1 Å². The van der Waals surface area contributed by atoms with Gasteiger partial charge in [0, 0.05) is 38.3 Å². The van der Waals surface area contributed by atoms with Crippen molar-refractivity contribution >= 4 is 29.9 Å². The molecule has 0 amide bonds. The highest BCUT2D eigenvalue weighted by atomic mass is 127. The van der Waals surface area contributed by atoms with Crippen LogP contribution in [0.15, 0.2) is 35.3 Å². The van der Waals surface area contributed by atoms with Gasteiger partial charge in [-0.05, 0) is 39.2 Å². The zero-order chi connectivity index (χ0) is 17.4. The standard InChI is InChI=1S/C19H32N4O.HI/c1-15(16-9-6-5-7-10-16)23-19(2,3)14-22-18(20-4)21-13-17-11-8-12-24-17;/h5-7,9-10,15,17,23H,8,11-14H2,1-4H3,(H2,20,21,22);1H. The van der Waals surface area contributed by atoms with Crippen LogP contribution in [0.2, 0.25) is 0 Å². The van der Waals surface area contributed by atoms with E-state index >= 15 is 0 Å². The molecule has 2 rings (SSSR count). The molecule has 1 heterocycles. The molecule has 1 aromatic rings. The summed E-state index contributed by atoms with van der Waals surface area (Å²) in [5, 5.41) is 10.4. The zero-order valence-electron chi connectivity index (χ0n) is 15.8. The Morgan fingerprint density at radius 2 is 2.00 bits per heavy atom. The Kier molecular flexibility index (Phi) is 9.74. The molecule has 0 saturated carbocycles. The normalized spacial score (nSPS) is 19.2. The Morgan fingerprint density at radius 3 is 2.60 bits per heavy atom. The van der Waals surface area contributed by atoms with Crippen LogP contribution < -0.4 is 16.0 Å². The number of nitrogens with one attached hydrogen (secondary N) is 3. The van der Waals surface area contributed by atoms with E-state index in [2.05, 4.69) is 66.0 Å². The number of hydrogen-bond donors (Lipinski definition) is 3. The predicted molar refractivity (Wildman–Crippen MR) is 116 cm³/mol. The number of rotatable bonds is 7. The van der Waals surface area contributed by atoms with Crippen molar-refractivity contribution in [3.8, 4) is 0 Å². The Balaban J connectivity index is 0.00000312. The van der Waals surface area contributed by atoms with Crippen molar-refractivity contribution in [1.82, 2.24) is 16.0 Å². The van der Waals surface area contributed by atoms with E-state index < -0.39 is 0 Å². The molecule has 0 aliphatic carbocycles. The lowest BCUT2D eigenvalue weighted by Crippen LogP contribution is -2.52. The third-order valence-corrected chi connectivity index (χ3v) is 4.35. The maximum Gasteiger partial charge on any atom is 0.191 e. The Bertz CT molecular complexity index is 515. The van der Waals surface area contributed by atoms with Gasteiger partial charge in [-0.3, -0.25) is 4.99 Å². The lowest BCUT2D eigenvalue weighted by Gasteiger charge is -2.31.